The van der Waals surface area contributed by atoms with E-state index in [1.807, 2.05) is 30.3 Å². The zero-order valence-corrected chi connectivity index (χ0v) is 9.56. The van der Waals surface area contributed by atoms with Gasteiger partial charge in [-0.05, 0) is 12.1 Å². The van der Waals surface area contributed by atoms with Crippen LogP contribution >= 0.6 is 0 Å². The molecule has 0 fully saturated rings. The van der Waals surface area contributed by atoms with Crippen molar-refractivity contribution in [1.29, 1.82) is 0 Å². The number of amides is 1. The van der Waals surface area contributed by atoms with Crippen LogP contribution in [0.2, 0.25) is 0 Å². The number of nitrogens with two attached hydrogens (primary N) is 1. The van der Waals surface area contributed by atoms with Gasteiger partial charge in [0.1, 0.15) is 5.75 Å². The lowest BCUT2D eigenvalue weighted by atomic mass is 10.3. The third-order valence-corrected chi connectivity index (χ3v) is 2.22. The summed E-state index contributed by atoms with van der Waals surface area (Å²) >= 11 is 0. The molecule has 4 heteroatoms. The molecule has 0 aliphatic rings. The number of para-hydroxylation sites is 1. The highest BCUT2D eigenvalue weighted by Gasteiger charge is 2.07. The van der Waals surface area contributed by atoms with Gasteiger partial charge in [-0.3, -0.25) is 4.79 Å². The molecule has 0 saturated carbocycles. The van der Waals surface area contributed by atoms with E-state index in [1.165, 1.54) is 0 Å². The number of rotatable bonds is 6. The van der Waals surface area contributed by atoms with Crippen molar-refractivity contribution >= 4 is 5.91 Å². The van der Waals surface area contributed by atoms with Crippen LogP contribution in [-0.4, -0.2) is 37.6 Å². The van der Waals surface area contributed by atoms with E-state index < -0.39 is 0 Å². The normalized spacial score (nSPS) is 9.88. The zero-order chi connectivity index (χ0) is 11.8. The summed E-state index contributed by atoms with van der Waals surface area (Å²) < 4.78 is 5.43. The smallest absolute Gasteiger partial charge is 0.225 e. The molecule has 1 aromatic rings. The summed E-state index contributed by atoms with van der Waals surface area (Å²) in [6.45, 7) is 1.48. The van der Waals surface area contributed by atoms with E-state index in [1.54, 1.807) is 11.9 Å². The maximum atomic E-state index is 11.5. The van der Waals surface area contributed by atoms with Crippen molar-refractivity contribution in [3.63, 3.8) is 0 Å². The van der Waals surface area contributed by atoms with Crippen molar-refractivity contribution < 1.29 is 9.53 Å². The number of benzene rings is 1. The van der Waals surface area contributed by atoms with Gasteiger partial charge in [0, 0.05) is 20.1 Å². The minimum atomic E-state index is 0.0568. The fraction of sp³-hybridized carbons (Fsp3) is 0.417. The van der Waals surface area contributed by atoms with Crippen LogP contribution in [0.25, 0.3) is 0 Å². The molecular formula is C12H18N2O2. The quantitative estimate of drug-likeness (QED) is 0.777. The lowest BCUT2D eigenvalue weighted by molar-refractivity contribution is -0.130. The van der Waals surface area contributed by atoms with Gasteiger partial charge in [-0.25, -0.2) is 0 Å². The van der Waals surface area contributed by atoms with Crippen LogP contribution in [-0.2, 0) is 4.79 Å². The minimum absolute atomic E-state index is 0.0568. The van der Waals surface area contributed by atoms with Crippen LogP contribution in [0.5, 0.6) is 5.75 Å². The van der Waals surface area contributed by atoms with E-state index in [9.17, 15) is 4.79 Å². The Hall–Kier alpha value is -1.55. The standard InChI is InChI=1S/C12H18N2O2/c1-14(9-8-13)12(15)7-10-16-11-5-3-2-4-6-11/h2-6H,7-10,13H2,1H3. The molecule has 0 aromatic heterocycles. The van der Waals surface area contributed by atoms with Gasteiger partial charge in [0.05, 0.1) is 13.0 Å². The first-order chi connectivity index (χ1) is 7.74. The molecule has 1 rings (SSSR count). The number of hydrogen-bond acceptors (Lipinski definition) is 3. The van der Waals surface area contributed by atoms with Crippen molar-refractivity contribution in [2.75, 3.05) is 26.7 Å². The molecule has 4 nitrogen and oxygen atoms in total. The van der Waals surface area contributed by atoms with Gasteiger partial charge in [0.25, 0.3) is 0 Å². The Morgan fingerprint density at radius 1 is 1.38 bits per heavy atom. The molecular weight excluding hydrogens is 204 g/mol. The van der Waals surface area contributed by atoms with Crippen molar-refractivity contribution in [2.45, 2.75) is 6.42 Å². The first kappa shape index (κ1) is 12.5. The predicted octanol–water partition coefficient (Wildman–Crippen LogP) is 0.873. The number of nitrogens with zero attached hydrogens (tertiary/aromatic N) is 1. The number of ether oxygens (including phenoxy) is 1. The van der Waals surface area contributed by atoms with Gasteiger partial charge < -0.3 is 15.4 Å². The SMILES string of the molecule is CN(CCN)C(=O)CCOc1ccccc1. The first-order valence-corrected chi connectivity index (χ1v) is 5.36. The van der Waals surface area contributed by atoms with Crippen LogP contribution in [0.15, 0.2) is 30.3 Å². The summed E-state index contributed by atoms with van der Waals surface area (Å²) in [5.74, 6) is 0.846. The monoisotopic (exact) mass is 222 g/mol. The average Bonchev–Trinajstić information content (AvgIpc) is 2.30. The van der Waals surface area contributed by atoms with Gasteiger partial charge in [0.2, 0.25) is 5.91 Å². The summed E-state index contributed by atoms with van der Waals surface area (Å²) in [7, 11) is 1.75. The van der Waals surface area contributed by atoms with Crippen molar-refractivity contribution in [3.8, 4) is 5.75 Å². The molecule has 0 heterocycles. The third-order valence-electron chi connectivity index (χ3n) is 2.22. The molecule has 0 bridgehead atoms. The number of hydrogen-bond donors (Lipinski definition) is 1. The Morgan fingerprint density at radius 2 is 2.06 bits per heavy atom. The van der Waals surface area contributed by atoms with E-state index in [-0.39, 0.29) is 5.91 Å². The van der Waals surface area contributed by atoms with E-state index in [0.29, 0.717) is 26.1 Å². The molecule has 88 valence electrons. The van der Waals surface area contributed by atoms with Crippen LogP contribution in [0.4, 0.5) is 0 Å². The molecule has 1 amide bonds. The number of carbonyl (C=O) groups is 1. The molecule has 0 unspecified atom stereocenters. The number of carbonyl (C=O) groups excluding carboxylic acids is 1. The van der Waals surface area contributed by atoms with Crippen LogP contribution in [0.3, 0.4) is 0 Å². The predicted molar refractivity (Wildman–Crippen MR) is 63.2 cm³/mol. The lowest BCUT2D eigenvalue weighted by Crippen LogP contribution is -2.32. The third kappa shape index (κ3) is 4.31. The van der Waals surface area contributed by atoms with E-state index in [2.05, 4.69) is 0 Å². The highest BCUT2D eigenvalue weighted by atomic mass is 16.5. The van der Waals surface area contributed by atoms with E-state index >= 15 is 0 Å². The first-order valence-electron chi connectivity index (χ1n) is 5.36. The molecule has 0 saturated heterocycles. The Labute approximate surface area is 96.0 Å². The Morgan fingerprint density at radius 3 is 2.69 bits per heavy atom. The van der Waals surface area contributed by atoms with Crippen molar-refractivity contribution in [3.05, 3.63) is 30.3 Å². The summed E-state index contributed by atoms with van der Waals surface area (Å²) in [4.78, 5) is 13.1. The maximum Gasteiger partial charge on any atom is 0.225 e. The molecule has 0 aliphatic carbocycles. The average molecular weight is 222 g/mol. The largest absolute Gasteiger partial charge is 0.493 e. The zero-order valence-electron chi connectivity index (χ0n) is 9.56. The van der Waals surface area contributed by atoms with Crippen molar-refractivity contribution in [1.82, 2.24) is 4.90 Å². The van der Waals surface area contributed by atoms with Gasteiger partial charge in [-0.15, -0.1) is 0 Å². The minimum Gasteiger partial charge on any atom is -0.493 e. The van der Waals surface area contributed by atoms with E-state index in [4.69, 9.17) is 10.5 Å². The second-order valence-corrected chi connectivity index (χ2v) is 3.52. The van der Waals surface area contributed by atoms with Crippen LogP contribution in [0, 0.1) is 0 Å². The maximum absolute atomic E-state index is 11.5. The van der Waals surface area contributed by atoms with Gasteiger partial charge in [0.15, 0.2) is 0 Å². The highest BCUT2D eigenvalue weighted by Crippen LogP contribution is 2.08. The summed E-state index contributed by atoms with van der Waals surface area (Å²) in [6.07, 6.45) is 0.380. The molecule has 0 radical (unpaired) electrons. The number of likely N-dealkylation sites (N-methyl/N-ethyl adjacent to an activating group) is 1. The Kier molecular flexibility index (Phi) is 5.36. The fourth-order valence-corrected chi connectivity index (χ4v) is 1.28. The fourth-order valence-electron chi connectivity index (χ4n) is 1.28. The Bertz CT molecular complexity index is 314. The highest BCUT2D eigenvalue weighted by molar-refractivity contribution is 5.75. The van der Waals surface area contributed by atoms with Crippen LogP contribution in [0.1, 0.15) is 6.42 Å². The molecule has 2 N–H and O–H groups in total. The molecule has 0 aliphatic heterocycles. The molecule has 16 heavy (non-hydrogen) atoms. The molecule has 1 aromatic carbocycles. The van der Waals surface area contributed by atoms with Gasteiger partial charge in [-0.2, -0.15) is 0 Å². The van der Waals surface area contributed by atoms with Gasteiger partial charge in [-0.1, -0.05) is 18.2 Å². The van der Waals surface area contributed by atoms with E-state index in [0.717, 1.165) is 5.75 Å². The van der Waals surface area contributed by atoms with Gasteiger partial charge >= 0.3 is 0 Å². The van der Waals surface area contributed by atoms with Crippen molar-refractivity contribution in [2.24, 2.45) is 5.73 Å². The lowest BCUT2D eigenvalue weighted by Gasteiger charge is -2.15. The second-order valence-electron chi connectivity index (χ2n) is 3.52. The summed E-state index contributed by atoms with van der Waals surface area (Å²) in [5.41, 5.74) is 5.36. The molecule has 0 spiro atoms. The summed E-state index contributed by atoms with van der Waals surface area (Å²) in [6, 6.07) is 9.46. The Balaban J connectivity index is 2.23. The topological polar surface area (TPSA) is 55.6 Å². The summed E-state index contributed by atoms with van der Waals surface area (Å²) in [5, 5.41) is 0. The second kappa shape index (κ2) is 6.85. The van der Waals surface area contributed by atoms with Crippen LogP contribution < -0.4 is 10.5 Å². The molecule has 0 atom stereocenters.